The van der Waals surface area contributed by atoms with E-state index in [2.05, 4.69) is 67.7 Å². The van der Waals surface area contributed by atoms with Crippen molar-refractivity contribution in [3.63, 3.8) is 0 Å². The first-order valence-corrected chi connectivity index (χ1v) is 9.16. The first-order chi connectivity index (χ1) is 13.1. The minimum atomic E-state index is -0.387. The smallest absolute Gasteiger partial charge is 0.406 e. The van der Waals surface area contributed by atoms with E-state index in [1.54, 1.807) is 7.05 Å². The molecule has 3 aromatic carbocycles. The maximum absolute atomic E-state index is 11.3. The molecule has 0 unspecified atom stereocenters. The zero-order chi connectivity index (χ0) is 19.2. The van der Waals surface area contributed by atoms with Crippen molar-refractivity contribution < 1.29 is 9.53 Å². The molecule has 3 heteroatoms. The molecule has 0 saturated heterocycles. The van der Waals surface area contributed by atoms with Crippen LogP contribution in [-0.4, -0.2) is 19.7 Å². The molecule has 0 radical (unpaired) electrons. The number of carbonyl (C=O) groups excluding carboxylic acids is 1. The average Bonchev–Trinajstić information content (AvgIpc) is 3.03. The van der Waals surface area contributed by atoms with Crippen LogP contribution in [0.25, 0.3) is 11.1 Å². The Kier molecular flexibility index (Phi) is 5.92. The van der Waals surface area contributed by atoms with Gasteiger partial charge in [-0.1, -0.05) is 72.8 Å². The monoisotopic (exact) mass is 359 g/mol. The third-order valence-corrected chi connectivity index (χ3v) is 4.97. The number of aryl methyl sites for hydroxylation is 2. The van der Waals surface area contributed by atoms with Gasteiger partial charge in [0.15, 0.2) is 0 Å². The molecule has 0 atom stereocenters. The SMILES string of the molecule is CNC(=O)OCC1c2ccccc2-c2ccccc21.Cc1ccccc1C. The Morgan fingerprint density at radius 2 is 1.26 bits per heavy atom. The second kappa shape index (κ2) is 8.54. The fourth-order valence-corrected chi connectivity index (χ4v) is 3.33. The number of hydrogen-bond acceptors (Lipinski definition) is 2. The van der Waals surface area contributed by atoms with Gasteiger partial charge < -0.3 is 10.1 Å². The van der Waals surface area contributed by atoms with E-state index in [-0.39, 0.29) is 12.0 Å². The van der Waals surface area contributed by atoms with Gasteiger partial charge >= 0.3 is 6.09 Å². The Bertz CT molecular complexity index is 866. The maximum Gasteiger partial charge on any atom is 0.406 e. The number of hydrogen-bond donors (Lipinski definition) is 1. The molecule has 1 aliphatic carbocycles. The van der Waals surface area contributed by atoms with Crippen LogP contribution in [0, 0.1) is 13.8 Å². The van der Waals surface area contributed by atoms with Crippen LogP contribution >= 0.6 is 0 Å². The van der Waals surface area contributed by atoms with Gasteiger partial charge in [-0.25, -0.2) is 4.79 Å². The molecule has 0 bridgehead atoms. The van der Waals surface area contributed by atoms with E-state index in [0.717, 1.165) is 0 Å². The number of rotatable bonds is 2. The minimum Gasteiger partial charge on any atom is -0.449 e. The summed E-state index contributed by atoms with van der Waals surface area (Å²) in [6.45, 7) is 4.61. The van der Waals surface area contributed by atoms with E-state index >= 15 is 0 Å². The average molecular weight is 359 g/mol. The van der Waals surface area contributed by atoms with Crippen LogP contribution in [0.5, 0.6) is 0 Å². The third kappa shape index (κ3) is 4.20. The Hall–Kier alpha value is -3.07. The Morgan fingerprint density at radius 1 is 0.815 bits per heavy atom. The van der Waals surface area contributed by atoms with Crippen molar-refractivity contribution >= 4 is 6.09 Å². The predicted molar refractivity (Wildman–Crippen MR) is 110 cm³/mol. The van der Waals surface area contributed by atoms with Crippen molar-refractivity contribution in [1.82, 2.24) is 5.32 Å². The number of nitrogens with one attached hydrogen (secondary N) is 1. The van der Waals surface area contributed by atoms with E-state index in [0.29, 0.717) is 6.61 Å². The highest BCUT2D eigenvalue weighted by Gasteiger charge is 2.28. The largest absolute Gasteiger partial charge is 0.449 e. The Labute approximate surface area is 161 Å². The van der Waals surface area contributed by atoms with Crippen molar-refractivity contribution in [2.45, 2.75) is 19.8 Å². The lowest BCUT2D eigenvalue weighted by atomic mass is 9.98. The molecule has 1 amide bonds. The zero-order valence-corrected chi connectivity index (χ0v) is 16.0. The predicted octanol–water partition coefficient (Wildman–Crippen LogP) is 5.46. The van der Waals surface area contributed by atoms with Gasteiger partial charge in [-0.2, -0.15) is 0 Å². The van der Waals surface area contributed by atoms with Crippen LogP contribution in [0.2, 0.25) is 0 Å². The van der Waals surface area contributed by atoms with Crippen molar-refractivity contribution in [2.24, 2.45) is 0 Å². The third-order valence-electron chi connectivity index (χ3n) is 4.97. The summed E-state index contributed by atoms with van der Waals surface area (Å²) >= 11 is 0. The molecule has 3 aromatic rings. The highest BCUT2D eigenvalue weighted by Crippen LogP contribution is 2.44. The van der Waals surface area contributed by atoms with E-state index < -0.39 is 0 Å². The highest BCUT2D eigenvalue weighted by atomic mass is 16.5. The normalized spacial score (nSPS) is 11.7. The molecule has 1 aliphatic rings. The van der Waals surface area contributed by atoms with Crippen molar-refractivity contribution in [2.75, 3.05) is 13.7 Å². The number of fused-ring (bicyclic) bond motifs is 3. The molecule has 27 heavy (non-hydrogen) atoms. The lowest BCUT2D eigenvalue weighted by Gasteiger charge is -2.13. The summed E-state index contributed by atoms with van der Waals surface area (Å²) in [7, 11) is 1.57. The van der Waals surface area contributed by atoms with Crippen LogP contribution in [0.15, 0.2) is 72.8 Å². The summed E-state index contributed by atoms with van der Waals surface area (Å²) in [6.07, 6.45) is -0.387. The topological polar surface area (TPSA) is 38.3 Å². The van der Waals surface area contributed by atoms with Crippen LogP contribution in [0.4, 0.5) is 4.79 Å². The van der Waals surface area contributed by atoms with Gasteiger partial charge in [0.05, 0.1) is 0 Å². The van der Waals surface area contributed by atoms with Crippen molar-refractivity contribution in [3.05, 3.63) is 95.1 Å². The van der Waals surface area contributed by atoms with Gasteiger partial charge in [0.2, 0.25) is 0 Å². The van der Waals surface area contributed by atoms with Crippen LogP contribution < -0.4 is 5.32 Å². The Morgan fingerprint density at radius 3 is 1.70 bits per heavy atom. The molecular weight excluding hydrogens is 334 g/mol. The quantitative estimate of drug-likeness (QED) is 0.660. The molecule has 0 saturated carbocycles. The highest BCUT2D eigenvalue weighted by molar-refractivity contribution is 5.79. The fraction of sp³-hybridized carbons (Fsp3) is 0.208. The molecule has 1 N–H and O–H groups in total. The molecule has 0 aliphatic heterocycles. The first kappa shape index (κ1) is 18.7. The molecular formula is C24H25NO2. The molecule has 4 rings (SSSR count). The van der Waals surface area contributed by atoms with Gasteiger partial charge in [-0.05, 0) is 47.2 Å². The summed E-state index contributed by atoms with van der Waals surface area (Å²) in [6, 6.07) is 24.9. The Balaban J connectivity index is 0.000000221. The molecule has 0 heterocycles. The lowest BCUT2D eigenvalue weighted by molar-refractivity contribution is 0.145. The van der Waals surface area contributed by atoms with Gasteiger partial charge in [0.25, 0.3) is 0 Å². The molecule has 138 valence electrons. The summed E-state index contributed by atoms with van der Waals surface area (Å²) in [5, 5.41) is 2.48. The number of alkyl carbamates (subject to hydrolysis) is 1. The van der Waals surface area contributed by atoms with Crippen molar-refractivity contribution in [3.8, 4) is 11.1 Å². The fourth-order valence-electron chi connectivity index (χ4n) is 3.33. The second-order valence-corrected chi connectivity index (χ2v) is 6.66. The van der Waals surface area contributed by atoms with Gasteiger partial charge in [-0.15, -0.1) is 0 Å². The molecule has 0 aromatic heterocycles. The maximum atomic E-state index is 11.3. The van der Waals surface area contributed by atoms with Gasteiger partial charge in [-0.3, -0.25) is 0 Å². The summed E-state index contributed by atoms with van der Waals surface area (Å²) in [5.74, 6) is 0.129. The number of amides is 1. The summed E-state index contributed by atoms with van der Waals surface area (Å²) in [4.78, 5) is 11.3. The summed E-state index contributed by atoms with van der Waals surface area (Å²) < 4.78 is 5.24. The number of benzene rings is 3. The van der Waals surface area contributed by atoms with Gasteiger partial charge in [0.1, 0.15) is 6.61 Å². The zero-order valence-electron chi connectivity index (χ0n) is 16.0. The van der Waals surface area contributed by atoms with Crippen LogP contribution in [-0.2, 0) is 4.74 Å². The van der Waals surface area contributed by atoms with Crippen LogP contribution in [0.1, 0.15) is 28.2 Å². The first-order valence-electron chi connectivity index (χ1n) is 9.16. The van der Waals surface area contributed by atoms with Gasteiger partial charge in [0, 0.05) is 13.0 Å². The standard InChI is InChI=1S/C16H15NO2.C8H10/c1-17-16(18)19-10-15-13-8-4-2-6-11(13)12-7-3-5-9-14(12)15;1-7-5-3-4-6-8(7)2/h2-9,15H,10H2,1H3,(H,17,18);3-6H,1-2H3. The molecule has 3 nitrogen and oxygen atoms in total. The second-order valence-electron chi connectivity index (χ2n) is 6.66. The number of carbonyl (C=O) groups is 1. The molecule has 0 fully saturated rings. The minimum absolute atomic E-state index is 0.129. The lowest BCUT2D eigenvalue weighted by Crippen LogP contribution is -2.21. The van der Waals surface area contributed by atoms with Crippen molar-refractivity contribution in [1.29, 1.82) is 0 Å². The summed E-state index contributed by atoms with van der Waals surface area (Å²) in [5.41, 5.74) is 7.67. The molecule has 0 spiro atoms. The van der Waals surface area contributed by atoms with E-state index in [9.17, 15) is 4.79 Å². The van der Waals surface area contributed by atoms with Crippen LogP contribution in [0.3, 0.4) is 0 Å². The van der Waals surface area contributed by atoms with E-state index in [1.165, 1.54) is 33.4 Å². The van der Waals surface area contributed by atoms with E-state index in [4.69, 9.17) is 4.74 Å². The number of ether oxygens (including phenoxy) is 1. The van der Waals surface area contributed by atoms with E-state index in [1.807, 2.05) is 24.3 Å².